The van der Waals surface area contributed by atoms with Crippen molar-refractivity contribution >= 4 is 46.9 Å². The third kappa shape index (κ3) is 8.25. The summed E-state index contributed by atoms with van der Waals surface area (Å²) in [7, 11) is -1.30. The van der Waals surface area contributed by atoms with Crippen LogP contribution in [0.5, 0.6) is 0 Å². The van der Waals surface area contributed by atoms with Gasteiger partial charge in [0.2, 0.25) is 5.95 Å². The Kier molecular flexibility index (Phi) is 9.63. The van der Waals surface area contributed by atoms with Crippen LogP contribution in [0, 0.1) is 0 Å². The van der Waals surface area contributed by atoms with Crippen LogP contribution in [0.2, 0.25) is 25.7 Å². The van der Waals surface area contributed by atoms with E-state index in [0.29, 0.717) is 43.5 Å². The predicted molar refractivity (Wildman–Crippen MR) is 164 cm³/mol. The first-order valence-corrected chi connectivity index (χ1v) is 18.6. The number of rotatable bonds is 8. The monoisotopic (exact) mass is 669 g/mol. The minimum atomic E-state index is -4.67. The van der Waals surface area contributed by atoms with Crippen molar-refractivity contribution in [2.75, 3.05) is 25.0 Å². The molecule has 0 unspecified atom stereocenters. The largest absolute Gasteiger partial charge is 0.444 e. The van der Waals surface area contributed by atoms with Gasteiger partial charge in [0.15, 0.2) is 0 Å². The van der Waals surface area contributed by atoms with E-state index in [0.717, 1.165) is 22.2 Å². The lowest BCUT2D eigenvalue weighted by Gasteiger charge is -2.34. The first-order valence-electron chi connectivity index (χ1n) is 14.1. The Hall–Kier alpha value is -2.64. The summed E-state index contributed by atoms with van der Waals surface area (Å²) in [5, 5.41) is 3.78. The molecule has 1 aliphatic heterocycles. The molecule has 4 rings (SSSR count). The van der Waals surface area contributed by atoms with E-state index in [9.17, 15) is 18.0 Å². The van der Waals surface area contributed by atoms with E-state index in [-0.39, 0.29) is 24.4 Å². The molecule has 8 nitrogen and oxygen atoms in total. The quantitative estimate of drug-likeness (QED) is 0.193. The van der Waals surface area contributed by atoms with Crippen molar-refractivity contribution in [3.8, 4) is 11.3 Å². The molecule has 1 saturated heterocycles. The highest BCUT2D eigenvalue weighted by molar-refractivity contribution is 9.10. The van der Waals surface area contributed by atoms with Crippen LogP contribution in [0.3, 0.4) is 0 Å². The second kappa shape index (κ2) is 12.5. The molecule has 3 heterocycles. The van der Waals surface area contributed by atoms with Crippen LogP contribution in [0.1, 0.15) is 39.2 Å². The first kappa shape index (κ1) is 32.3. The third-order valence-electron chi connectivity index (χ3n) is 6.83. The summed E-state index contributed by atoms with van der Waals surface area (Å²) in [4.78, 5) is 22.7. The molecule has 1 aromatic carbocycles. The molecule has 1 atom stereocenters. The zero-order valence-electron chi connectivity index (χ0n) is 24.9. The number of benzene rings is 1. The summed E-state index contributed by atoms with van der Waals surface area (Å²) in [6.07, 6.45) is -1.18. The minimum absolute atomic E-state index is 0.0660. The molecule has 0 aliphatic carbocycles. The fourth-order valence-corrected chi connectivity index (χ4v) is 6.13. The lowest BCUT2D eigenvalue weighted by Crippen LogP contribution is -2.47. The minimum Gasteiger partial charge on any atom is -0.444 e. The van der Waals surface area contributed by atoms with Gasteiger partial charge in [0.05, 0.1) is 11.2 Å². The Labute approximate surface area is 254 Å². The second-order valence-electron chi connectivity index (χ2n) is 12.9. The van der Waals surface area contributed by atoms with Crippen molar-refractivity contribution in [2.45, 2.75) is 83.8 Å². The van der Waals surface area contributed by atoms with Crippen molar-refractivity contribution < 1.29 is 27.4 Å². The average Bonchev–Trinajstić information content (AvgIpc) is 3.24. The van der Waals surface area contributed by atoms with Crippen molar-refractivity contribution in [2.24, 2.45) is 0 Å². The number of carbonyl (C=O) groups excluding carboxylic acids is 1. The molecule has 42 heavy (non-hydrogen) atoms. The molecule has 2 aromatic heterocycles. The van der Waals surface area contributed by atoms with Crippen molar-refractivity contribution in [3.63, 3.8) is 0 Å². The number of fused-ring (bicyclic) bond motifs is 1. The number of aromatic nitrogens is 3. The van der Waals surface area contributed by atoms with Gasteiger partial charge in [0, 0.05) is 61.6 Å². The van der Waals surface area contributed by atoms with Crippen molar-refractivity contribution in [1.29, 1.82) is 0 Å². The standard InChI is InChI=1S/C29H39BrF3N5O3Si/c1-28(2,3)41-27(39)37-12-8-9-19(16-37)35-26-34-15-22(29(31,32)33)24(36-26)21-17-38(18-40-13-14-42(4,5)6)25-20(21)10-7-11-23(25)30/h7,10-11,15,17,19H,8-9,12-14,16,18H2,1-6H3,(H,34,35,36)/t19-/m0/s1. The summed E-state index contributed by atoms with van der Waals surface area (Å²) in [6, 6.07) is 6.15. The van der Waals surface area contributed by atoms with Crippen LogP contribution in [0.25, 0.3) is 22.2 Å². The Balaban J connectivity index is 1.65. The van der Waals surface area contributed by atoms with E-state index in [1.807, 2.05) is 10.6 Å². The van der Waals surface area contributed by atoms with E-state index in [4.69, 9.17) is 9.47 Å². The number of halogens is 4. The van der Waals surface area contributed by atoms with Gasteiger partial charge in [-0.25, -0.2) is 14.8 Å². The van der Waals surface area contributed by atoms with Gasteiger partial charge in [-0.3, -0.25) is 0 Å². The SMILES string of the molecule is CC(C)(C)OC(=O)N1CCC[C@H](Nc2ncc(C(F)(F)F)c(-c3cn(COCC[Si](C)(C)C)c4c(Br)cccc34)n2)C1. The molecule has 0 radical (unpaired) electrons. The number of piperidine rings is 1. The summed E-state index contributed by atoms with van der Waals surface area (Å²) in [6.45, 7) is 13.8. The van der Waals surface area contributed by atoms with Gasteiger partial charge in [0.25, 0.3) is 0 Å². The Morgan fingerprint density at radius 1 is 1.21 bits per heavy atom. The number of likely N-dealkylation sites (tertiary alicyclic amines) is 1. The molecular weight excluding hydrogens is 631 g/mol. The maximum absolute atomic E-state index is 14.3. The summed E-state index contributed by atoms with van der Waals surface area (Å²) < 4.78 is 56.8. The second-order valence-corrected chi connectivity index (χ2v) is 19.3. The van der Waals surface area contributed by atoms with Crippen LogP contribution in [-0.2, 0) is 22.4 Å². The van der Waals surface area contributed by atoms with Crippen LogP contribution < -0.4 is 5.32 Å². The molecule has 0 bridgehead atoms. The molecule has 1 aliphatic rings. The Morgan fingerprint density at radius 2 is 1.95 bits per heavy atom. The molecule has 0 saturated carbocycles. The number of hydrogen-bond acceptors (Lipinski definition) is 6. The van der Waals surface area contributed by atoms with E-state index in [2.05, 4.69) is 50.9 Å². The smallest absolute Gasteiger partial charge is 0.419 e. The topological polar surface area (TPSA) is 81.5 Å². The van der Waals surface area contributed by atoms with Gasteiger partial charge in [-0.05, 0) is 61.7 Å². The molecule has 3 aromatic rings. The molecule has 1 fully saturated rings. The van der Waals surface area contributed by atoms with Gasteiger partial charge < -0.3 is 24.3 Å². The molecule has 1 N–H and O–H groups in total. The Bertz CT molecular complexity index is 1420. The van der Waals surface area contributed by atoms with E-state index < -0.39 is 31.5 Å². The fraction of sp³-hybridized carbons (Fsp3) is 0.552. The number of nitrogens with one attached hydrogen (secondary N) is 1. The number of hydrogen-bond donors (Lipinski definition) is 1. The van der Waals surface area contributed by atoms with Crippen LogP contribution in [0.15, 0.2) is 35.1 Å². The normalized spacial score (nSPS) is 16.6. The van der Waals surface area contributed by atoms with E-state index in [1.54, 1.807) is 44.0 Å². The molecule has 13 heteroatoms. The number of nitrogens with zero attached hydrogens (tertiary/aromatic N) is 4. The summed E-state index contributed by atoms with van der Waals surface area (Å²) >= 11 is 3.57. The predicted octanol–water partition coefficient (Wildman–Crippen LogP) is 8.00. The van der Waals surface area contributed by atoms with E-state index >= 15 is 0 Å². The highest BCUT2D eigenvalue weighted by atomic mass is 79.9. The third-order valence-corrected chi connectivity index (χ3v) is 9.18. The zero-order chi connectivity index (χ0) is 30.9. The lowest BCUT2D eigenvalue weighted by atomic mass is 10.1. The number of amides is 1. The van der Waals surface area contributed by atoms with Gasteiger partial charge in [-0.15, -0.1) is 0 Å². The van der Waals surface area contributed by atoms with Crippen LogP contribution in [-0.4, -0.2) is 64.9 Å². The zero-order valence-corrected chi connectivity index (χ0v) is 27.5. The van der Waals surface area contributed by atoms with E-state index in [1.165, 1.54) is 0 Å². The van der Waals surface area contributed by atoms with Crippen LogP contribution in [0.4, 0.5) is 23.9 Å². The first-order chi connectivity index (χ1) is 19.5. The molecule has 0 spiro atoms. The highest BCUT2D eigenvalue weighted by Gasteiger charge is 2.37. The molecular formula is C29H39BrF3N5O3Si. The fourth-order valence-electron chi connectivity index (χ4n) is 4.78. The van der Waals surface area contributed by atoms with Crippen molar-refractivity contribution in [3.05, 3.63) is 40.6 Å². The highest BCUT2D eigenvalue weighted by Crippen LogP contribution is 2.41. The number of alkyl halides is 3. The molecule has 230 valence electrons. The van der Waals surface area contributed by atoms with Gasteiger partial charge in [-0.2, -0.15) is 13.2 Å². The van der Waals surface area contributed by atoms with Gasteiger partial charge >= 0.3 is 12.3 Å². The lowest BCUT2D eigenvalue weighted by molar-refractivity contribution is -0.137. The summed E-state index contributed by atoms with van der Waals surface area (Å²) in [5.74, 6) is 0.0660. The van der Waals surface area contributed by atoms with Crippen LogP contribution >= 0.6 is 15.9 Å². The number of ether oxygens (including phenoxy) is 2. The Morgan fingerprint density at radius 3 is 2.62 bits per heavy atom. The number of carbonyl (C=O) groups is 1. The summed E-state index contributed by atoms with van der Waals surface area (Å²) in [5.41, 5.74) is -0.718. The van der Waals surface area contributed by atoms with Gasteiger partial charge in [0.1, 0.15) is 17.9 Å². The molecule has 1 amide bonds. The maximum atomic E-state index is 14.3. The number of anilines is 1. The van der Waals surface area contributed by atoms with Crippen molar-refractivity contribution in [1.82, 2.24) is 19.4 Å². The average molecular weight is 671 g/mol. The number of para-hydroxylation sites is 1. The maximum Gasteiger partial charge on any atom is 0.419 e. The van der Waals surface area contributed by atoms with Gasteiger partial charge in [-0.1, -0.05) is 31.8 Å².